The zero-order valence-electron chi connectivity index (χ0n) is 15.5. The minimum atomic E-state index is -0.157. The number of fused-ring (bicyclic) bond motifs is 1. The van der Waals surface area contributed by atoms with E-state index in [4.69, 9.17) is 4.74 Å². The third kappa shape index (κ3) is 5.08. The number of para-hydroxylation sites is 1. The van der Waals surface area contributed by atoms with E-state index in [-0.39, 0.29) is 11.8 Å². The van der Waals surface area contributed by atoms with Crippen LogP contribution in [-0.2, 0) is 16.0 Å². The number of carbonyl (C=O) groups is 2. The van der Waals surface area contributed by atoms with Crippen LogP contribution in [-0.4, -0.2) is 45.2 Å². The predicted molar refractivity (Wildman–Crippen MR) is 106 cm³/mol. The smallest absolute Gasteiger partial charge is 0.251 e. The van der Waals surface area contributed by atoms with E-state index in [1.165, 1.54) is 5.56 Å². The van der Waals surface area contributed by atoms with Crippen LogP contribution < -0.4 is 15.5 Å². The van der Waals surface area contributed by atoms with Crippen LogP contribution in [0.4, 0.5) is 11.4 Å². The highest BCUT2D eigenvalue weighted by Gasteiger charge is 2.20. The van der Waals surface area contributed by atoms with Crippen molar-refractivity contribution in [3.63, 3.8) is 0 Å². The summed E-state index contributed by atoms with van der Waals surface area (Å²) in [5, 5.41) is 5.73. The lowest BCUT2D eigenvalue weighted by Gasteiger charge is -2.18. The van der Waals surface area contributed by atoms with E-state index in [2.05, 4.69) is 21.6 Å². The first kappa shape index (κ1) is 18.9. The van der Waals surface area contributed by atoms with Crippen LogP contribution in [0.25, 0.3) is 0 Å². The summed E-state index contributed by atoms with van der Waals surface area (Å²) in [4.78, 5) is 26.7. The van der Waals surface area contributed by atoms with Crippen molar-refractivity contribution in [2.45, 2.75) is 12.8 Å². The standard InChI is InChI=1S/C21H25N3O3/c1-27-13-5-11-22-21(26)17-7-4-8-18(14-17)23-20(25)15-24-12-10-16-6-2-3-9-19(16)24/h2-4,6-9,14H,5,10-13,15H2,1H3,(H,22,26)(H,23,25). The second-order valence-corrected chi connectivity index (χ2v) is 6.53. The second kappa shape index (κ2) is 9.19. The number of ether oxygens (including phenoxy) is 1. The van der Waals surface area contributed by atoms with Crippen LogP contribution in [0.1, 0.15) is 22.3 Å². The second-order valence-electron chi connectivity index (χ2n) is 6.53. The first-order valence-corrected chi connectivity index (χ1v) is 9.17. The highest BCUT2D eigenvalue weighted by Crippen LogP contribution is 2.27. The molecule has 0 aromatic heterocycles. The Morgan fingerprint density at radius 3 is 2.85 bits per heavy atom. The van der Waals surface area contributed by atoms with Gasteiger partial charge in [-0.15, -0.1) is 0 Å². The summed E-state index contributed by atoms with van der Waals surface area (Å²) in [5.41, 5.74) is 3.54. The van der Waals surface area contributed by atoms with Crippen LogP contribution in [0.5, 0.6) is 0 Å². The van der Waals surface area contributed by atoms with Crippen LogP contribution in [0.3, 0.4) is 0 Å². The van der Waals surface area contributed by atoms with Crippen molar-refractivity contribution in [3.8, 4) is 0 Å². The van der Waals surface area contributed by atoms with Gasteiger partial charge in [0.1, 0.15) is 0 Å². The minimum absolute atomic E-state index is 0.0932. The summed E-state index contributed by atoms with van der Waals surface area (Å²) in [7, 11) is 1.63. The Labute approximate surface area is 159 Å². The maximum absolute atomic E-state index is 12.4. The van der Waals surface area contributed by atoms with Gasteiger partial charge in [-0.3, -0.25) is 9.59 Å². The summed E-state index contributed by atoms with van der Waals surface area (Å²) in [6.07, 6.45) is 1.72. The minimum Gasteiger partial charge on any atom is -0.385 e. The third-order valence-corrected chi connectivity index (χ3v) is 4.54. The molecule has 0 saturated heterocycles. The summed E-state index contributed by atoms with van der Waals surface area (Å²) in [6.45, 7) is 2.30. The molecule has 6 heteroatoms. The van der Waals surface area contributed by atoms with E-state index in [9.17, 15) is 9.59 Å². The molecule has 2 N–H and O–H groups in total. The first-order chi connectivity index (χ1) is 13.2. The van der Waals surface area contributed by atoms with Crippen molar-refractivity contribution in [3.05, 3.63) is 59.7 Å². The Balaban J connectivity index is 1.55. The molecule has 0 spiro atoms. The van der Waals surface area contributed by atoms with Gasteiger partial charge in [-0.25, -0.2) is 0 Å². The van der Waals surface area contributed by atoms with E-state index >= 15 is 0 Å². The monoisotopic (exact) mass is 367 g/mol. The fourth-order valence-corrected chi connectivity index (χ4v) is 3.20. The summed E-state index contributed by atoms with van der Waals surface area (Å²) < 4.78 is 4.97. The molecule has 27 heavy (non-hydrogen) atoms. The van der Waals surface area contributed by atoms with Crippen LogP contribution in [0.2, 0.25) is 0 Å². The van der Waals surface area contributed by atoms with Crippen molar-refractivity contribution >= 4 is 23.2 Å². The van der Waals surface area contributed by atoms with Gasteiger partial charge in [0.15, 0.2) is 0 Å². The first-order valence-electron chi connectivity index (χ1n) is 9.17. The van der Waals surface area contributed by atoms with Gasteiger partial charge in [-0.05, 0) is 42.7 Å². The fraction of sp³-hybridized carbons (Fsp3) is 0.333. The zero-order valence-corrected chi connectivity index (χ0v) is 15.5. The summed E-state index contributed by atoms with van der Waals surface area (Å²) in [5.74, 6) is -0.250. The Bertz CT molecular complexity index is 807. The molecule has 0 fully saturated rings. The van der Waals surface area contributed by atoms with Crippen molar-refractivity contribution in [1.29, 1.82) is 0 Å². The maximum atomic E-state index is 12.4. The van der Waals surface area contributed by atoms with Crippen LogP contribution in [0.15, 0.2) is 48.5 Å². The van der Waals surface area contributed by atoms with Crippen molar-refractivity contribution < 1.29 is 14.3 Å². The topological polar surface area (TPSA) is 70.7 Å². The lowest BCUT2D eigenvalue weighted by Crippen LogP contribution is -2.32. The number of hydrogen-bond acceptors (Lipinski definition) is 4. The molecule has 2 amide bonds. The number of amides is 2. The number of methoxy groups -OCH3 is 1. The molecule has 0 bridgehead atoms. The third-order valence-electron chi connectivity index (χ3n) is 4.54. The lowest BCUT2D eigenvalue weighted by molar-refractivity contribution is -0.115. The van der Waals surface area contributed by atoms with Gasteiger partial charge in [-0.1, -0.05) is 24.3 Å². The molecular formula is C21H25N3O3. The Hall–Kier alpha value is -2.86. The number of hydrogen-bond donors (Lipinski definition) is 2. The lowest BCUT2D eigenvalue weighted by atomic mass is 10.2. The van der Waals surface area contributed by atoms with Crippen molar-refractivity contribution in [2.75, 3.05) is 43.6 Å². The number of rotatable bonds is 8. The van der Waals surface area contributed by atoms with Gasteiger partial charge in [0.05, 0.1) is 6.54 Å². The molecule has 0 atom stereocenters. The highest BCUT2D eigenvalue weighted by atomic mass is 16.5. The Kier molecular flexibility index (Phi) is 6.44. The number of nitrogens with zero attached hydrogens (tertiary/aromatic N) is 1. The quantitative estimate of drug-likeness (QED) is 0.703. The average molecular weight is 367 g/mol. The van der Waals surface area contributed by atoms with E-state index in [0.717, 1.165) is 25.1 Å². The highest BCUT2D eigenvalue weighted by molar-refractivity contribution is 5.98. The van der Waals surface area contributed by atoms with Crippen molar-refractivity contribution in [2.24, 2.45) is 0 Å². The molecule has 0 saturated carbocycles. The summed E-state index contributed by atoms with van der Waals surface area (Å²) >= 11 is 0. The van der Waals surface area contributed by atoms with Crippen molar-refractivity contribution in [1.82, 2.24) is 5.32 Å². The van der Waals surface area contributed by atoms with E-state index < -0.39 is 0 Å². The van der Waals surface area contributed by atoms with E-state index in [1.807, 2.05) is 18.2 Å². The molecule has 0 radical (unpaired) electrons. The molecule has 1 aliphatic heterocycles. The molecule has 6 nitrogen and oxygen atoms in total. The SMILES string of the molecule is COCCCNC(=O)c1cccc(NC(=O)CN2CCc3ccccc32)c1. The number of carbonyl (C=O) groups excluding carboxylic acids is 2. The molecule has 1 heterocycles. The molecule has 142 valence electrons. The maximum Gasteiger partial charge on any atom is 0.251 e. The Morgan fingerprint density at radius 2 is 2.00 bits per heavy atom. The number of benzene rings is 2. The Morgan fingerprint density at radius 1 is 1.15 bits per heavy atom. The van der Waals surface area contributed by atoms with Gasteiger partial charge in [0.25, 0.3) is 5.91 Å². The molecule has 1 aliphatic rings. The molecule has 0 aliphatic carbocycles. The van der Waals surface area contributed by atoms with Gasteiger partial charge in [-0.2, -0.15) is 0 Å². The normalized spacial score (nSPS) is 12.6. The average Bonchev–Trinajstić information content (AvgIpc) is 3.08. The van der Waals surface area contributed by atoms with Gasteiger partial charge in [0, 0.05) is 43.7 Å². The number of nitrogens with one attached hydrogen (secondary N) is 2. The van der Waals surface area contributed by atoms with Gasteiger partial charge in [0.2, 0.25) is 5.91 Å². The zero-order chi connectivity index (χ0) is 19.1. The predicted octanol–water partition coefficient (Wildman–Crippen LogP) is 2.45. The molecule has 3 rings (SSSR count). The summed E-state index contributed by atoms with van der Waals surface area (Å²) in [6, 6.07) is 15.1. The number of anilines is 2. The molecule has 2 aromatic carbocycles. The van der Waals surface area contributed by atoms with Crippen LogP contribution in [0, 0.1) is 0 Å². The molecule has 0 unspecified atom stereocenters. The van der Waals surface area contributed by atoms with Gasteiger partial charge < -0.3 is 20.3 Å². The van der Waals surface area contributed by atoms with Crippen LogP contribution >= 0.6 is 0 Å². The largest absolute Gasteiger partial charge is 0.385 e. The van der Waals surface area contributed by atoms with E-state index in [1.54, 1.807) is 31.4 Å². The molecular weight excluding hydrogens is 342 g/mol. The fourth-order valence-electron chi connectivity index (χ4n) is 3.20. The van der Waals surface area contributed by atoms with E-state index in [0.29, 0.717) is 30.9 Å². The molecule has 2 aromatic rings. The van der Waals surface area contributed by atoms with Gasteiger partial charge >= 0.3 is 0 Å².